The lowest BCUT2D eigenvalue weighted by Gasteiger charge is -2.45. The Balaban J connectivity index is 1.98. The predicted molar refractivity (Wildman–Crippen MR) is 80.3 cm³/mol. The van der Waals surface area contributed by atoms with Crippen molar-refractivity contribution >= 4 is 0 Å². The number of nitrogens with zero attached hydrogens (tertiary/aromatic N) is 1. The van der Waals surface area contributed by atoms with E-state index in [0.29, 0.717) is 18.2 Å². The average molecular weight is 268 g/mol. The molecule has 0 radical (unpaired) electrons. The first-order chi connectivity index (χ1) is 9.10. The summed E-state index contributed by atoms with van der Waals surface area (Å²) in [5.74, 6) is 0. The molecule has 2 N–H and O–H groups in total. The third kappa shape index (κ3) is 4.17. The molecule has 0 aromatic carbocycles. The molecule has 0 amide bonds. The number of ether oxygens (including phenoxy) is 1. The molecule has 1 heterocycles. The highest BCUT2D eigenvalue weighted by Crippen LogP contribution is 2.30. The molecule has 112 valence electrons. The van der Waals surface area contributed by atoms with Gasteiger partial charge in [-0.15, -0.1) is 0 Å². The van der Waals surface area contributed by atoms with Gasteiger partial charge in [-0.2, -0.15) is 0 Å². The van der Waals surface area contributed by atoms with Crippen molar-refractivity contribution in [1.82, 2.24) is 4.90 Å². The number of nitrogens with two attached hydrogens (primary N) is 1. The van der Waals surface area contributed by atoms with Crippen LogP contribution in [0.2, 0.25) is 0 Å². The summed E-state index contributed by atoms with van der Waals surface area (Å²) in [4.78, 5) is 2.79. The molecule has 3 heteroatoms. The second kappa shape index (κ2) is 7.05. The first kappa shape index (κ1) is 15.3. The van der Waals surface area contributed by atoms with E-state index >= 15 is 0 Å². The van der Waals surface area contributed by atoms with Crippen molar-refractivity contribution in [2.75, 3.05) is 6.54 Å². The Morgan fingerprint density at radius 3 is 2.11 bits per heavy atom. The summed E-state index contributed by atoms with van der Waals surface area (Å²) >= 11 is 0. The van der Waals surface area contributed by atoms with Crippen LogP contribution in [-0.4, -0.2) is 41.8 Å². The third-order valence-electron chi connectivity index (χ3n) is 4.83. The smallest absolute Gasteiger partial charge is 0.0565 e. The summed E-state index contributed by atoms with van der Waals surface area (Å²) in [5, 5.41) is 0. The van der Waals surface area contributed by atoms with Crippen LogP contribution in [0.25, 0.3) is 0 Å². The van der Waals surface area contributed by atoms with Gasteiger partial charge in [0.25, 0.3) is 0 Å². The van der Waals surface area contributed by atoms with Gasteiger partial charge in [-0.05, 0) is 65.3 Å². The van der Waals surface area contributed by atoms with Crippen LogP contribution in [0.3, 0.4) is 0 Å². The molecule has 1 saturated heterocycles. The van der Waals surface area contributed by atoms with Gasteiger partial charge in [0, 0.05) is 18.1 Å². The van der Waals surface area contributed by atoms with E-state index in [4.69, 9.17) is 10.5 Å². The SMILES string of the molecule is CCCN(C1CCC(N)CC1)C1CC(C)OC(C)C1. The Labute approximate surface area is 118 Å². The lowest BCUT2D eigenvalue weighted by Crippen LogP contribution is -2.50. The molecular weight excluding hydrogens is 236 g/mol. The second-order valence-corrected chi connectivity index (χ2v) is 6.69. The van der Waals surface area contributed by atoms with E-state index < -0.39 is 0 Å². The van der Waals surface area contributed by atoms with Gasteiger partial charge in [-0.1, -0.05) is 6.92 Å². The highest BCUT2D eigenvalue weighted by Gasteiger charge is 2.33. The van der Waals surface area contributed by atoms with Gasteiger partial charge < -0.3 is 10.5 Å². The molecule has 0 spiro atoms. The largest absolute Gasteiger partial charge is 0.375 e. The molecule has 0 aromatic heterocycles. The molecule has 0 bridgehead atoms. The fourth-order valence-corrected chi connectivity index (χ4v) is 4.00. The van der Waals surface area contributed by atoms with Crippen LogP contribution in [0, 0.1) is 0 Å². The second-order valence-electron chi connectivity index (χ2n) is 6.69. The summed E-state index contributed by atoms with van der Waals surface area (Å²) in [6.07, 6.45) is 9.49. The maximum absolute atomic E-state index is 6.06. The molecule has 19 heavy (non-hydrogen) atoms. The fraction of sp³-hybridized carbons (Fsp3) is 1.00. The standard InChI is InChI=1S/C16H32N2O/c1-4-9-18(15-7-5-14(17)6-8-15)16-10-12(2)19-13(3)11-16/h12-16H,4-11,17H2,1-3H3. The van der Waals surface area contributed by atoms with Gasteiger partial charge in [-0.3, -0.25) is 4.90 Å². The minimum Gasteiger partial charge on any atom is -0.375 e. The fourth-order valence-electron chi connectivity index (χ4n) is 4.00. The first-order valence-electron chi connectivity index (χ1n) is 8.27. The van der Waals surface area contributed by atoms with E-state index in [1.54, 1.807) is 0 Å². The van der Waals surface area contributed by atoms with Crippen molar-refractivity contribution in [2.24, 2.45) is 5.73 Å². The topological polar surface area (TPSA) is 38.5 Å². The summed E-state index contributed by atoms with van der Waals surface area (Å²) in [6, 6.07) is 1.94. The Bertz CT molecular complexity index is 253. The van der Waals surface area contributed by atoms with Crippen LogP contribution in [0.1, 0.15) is 65.7 Å². The van der Waals surface area contributed by atoms with Crippen molar-refractivity contribution in [1.29, 1.82) is 0 Å². The van der Waals surface area contributed by atoms with Gasteiger partial charge in [0.2, 0.25) is 0 Å². The van der Waals surface area contributed by atoms with Gasteiger partial charge in [0.15, 0.2) is 0 Å². The molecule has 1 aliphatic carbocycles. The molecule has 2 unspecified atom stereocenters. The molecule has 2 atom stereocenters. The van der Waals surface area contributed by atoms with Gasteiger partial charge in [-0.25, -0.2) is 0 Å². The van der Waals surface area contributed by atoms with Crippen molar-refractivity contribution in [3.8, 4) is 0 Å². The Morgan fingerprint density at radius 2 is 1.58 bits per heavy atom. The zero-order chi connectivity index (χ0) is 13.8. The van der Waals surface area contributed by atoms with E-state index in [9.17, 15) is 0 Å². The molecule has 0 aromatic rings. The molecule has 2 rings (SSSR count). The van der Waals surface area contributed by atoms with Crippen LogP contribution < -0.4 is 5.73 Å². The lowest BCUT2D eigenvalue weighted by atomic mass is 9.88. The van der Waals surface area contributed by atoms with Crippen LogP contribution in [0.15, 0.2) is 0 Å². The molecule has 1 aliphatic heterocycles. The van der Waals surface area contributed by atoms with Gasteiger partial charge in [0.1, 0.15) is 0 Å². The first-order valence-corrected chi connectivity index (χ1v) is 8.27. The van der Waals surface area contributed by atoms with Crippen LogP contribution in [0.5, 0.6) is 0 Å². The molecule has 1 saturated carbocycles. The van der Waals surface area contributed by atoms with E-state index in [0.717, 1.165) is 12.1 Å². The average Bonchev–Trinajstić information content (AvgIpc) is 2.36. The highest BCUT2D eigenvalue weighted by atomic mass is 16.5. The van der Waals surface area contributed by atoms with Crippen LogP contribution >= 0.6 is 0 Å². The molecule has 2 aliphatic rings. The summed E-state index contributed by atoms with van der Waals surface area (Å²) < 4.78 is 5.90. The van der Waals surface area contributed by atoms with Crippen LogP contribution in [-0.2, 0) is 4.74 Å². The van der Waals surface area contributed by atoms with Crippen molar-refractivity contribution in [3.05, 3.63) is 0 Å². The minimum atomic E-state index is 0.416. The predicted octanol–water partition coefficient (Wildman–Crippen LogP) is 2.92. The number of rotatable bonds is 4. The highest BCUT2D eigenvalue weighted by molar-refractivity contribution is 4.88. The van der Waals surface area contributed by atoms with Gasteiger partial charge in [0.05, 0.1) is 12.2 Å². The Morgan fingerprint density at radius 1 is 1.00 bits per heavy atom. The zero-order valence-electron chi connectivity index (χ0n) is 13.0. The maximum atomic E-state index is 6.06. The Hall–Kier alpha value is -0.120. The van der Waals surface area contributed by atoms with E-state index in [1.165, 1.54) is 51.5 Å². The maximum Gasteiger partial charge on any atom is 0.0565 e. The molecule has 3 nitrogen and oxygen atoms in total. The zero-order valence-corrected chi connectivity index (χ0v) is 13.0. The normalized spacial score (nSPS) is 40.6. The monoisotopic (exact) mass is 268 g/mol. The molecule has 2 fully saturated rings. The summed E-state index contributed by atoms with van der Waals surface area (Å²) in [7, 11) is 0. The van der Waals surface area contributed by atoms with E-state index in [1.807, 2.05) is 0 Å². The lowest BCUT2D eigenvalue weighted by molar-refractivity contribution is -0.0750. The van der Waals surface area contributed by atoms with E-state index in [2.05, 4.69) is 25.7 Å². The number of hydrogen-bond donors (Lipinski definition) is 1. The summed E-state index contributed by atoms with van der Waals surface area (Å²) in [5.41, 5.74) is 6.06. The van der Waals surface area contributed by atoms with Crippen molar-refractivity contribution in [3.63, 3.8) is 0 Å². The minimum absolute atomic E-state index is 0.416. The van der Waals surface area contributed by atoms with Crippen LogP contribution in [0.4, 0.5) is 0 Å². The van der Waals surface area contributed by atoms with Crippen molar-refractivity contribution < 1.29 is 4.74 Å². The van der Waals surface area contributed by atoms with Crippen molar-refractivity contribution in [2.45, 2.75) is 96.1 Å². The number of hydrogen-bond acceptors (Lipinski definition) is 3. The van der Waals surface area contributed by atoms with Gasteiger partial charge >= 0.3 is 0 Å². The van der Waals surface area contributed by atoms with E-state index in [-0.39, 0.29) is 0 Å². The third-order valence-corrected chi connectivity index (χ3v) is 4.83. The molecular formula is C16H32N2O. The quantitative estimate of drug-likeness (QED) is 0.852. The Kier molecular flexibility index (Phi) is 5.67. The summed E-state index contributed by atoms with van der Waals surface area (Å²) in [6.45, 7) is 7.99.